The van der Waals surface area contributed by atoms with E-state index in [1.807, 2.05) is 6.92 Å². The molecule has 3 rings (SSSR count). The van der Waals surface area contributed by atoms with Gasteiger partial charge in [-0.05, 0) is 67.8 Å². The molecule has 5 unspecified atom stereocenters. The summed E-state index contributed by atoms with van der Waals surface area (Å²) in [4.78, 5) is 10.7. The van der Waals surface area contributed by atoms with Gasteiger partial charge in [-0.2, -0.15) is 0 Å². The number of aldehydes is 1. The van der Waals surface area contributed by atoms with Crippen LogP contribution in [0.4, 0.5) is 0 Å². The molecule has 0 spiro atoms. The first-order valence-electron chi connectivity index (χ1n) is 6.43. The molecule has 2 bridgehead atoms. The summed E-state index contributed by atoms with van der Waals surface area (Å²) in [5.74, 6) is 4.75. The van der Waals surface area contributed by atoms with Crippen molar-refractivity contribution in [1.29, 1.82) is 0 Å². The van der Waals surface area contributed by atoms with Gasteiger partial charge in [-0.25, -0.2) is 0 Å². The number of carbonyl (C=O) groups is 1. The quantitative estimate of drug-likeness (QED) is 0.498. The third-order valence-electron chi connectivity index (χ3n) is 5.14. The molecule has 0 aromatic carbocycles. The Morgan fingerprint density at radius 1 is 1.13 bits per heavy atom. The molecule has 15 heavy (non-hydrogen) atoms. The topological polar surface area (TPSA) is 17.1 Å². The van der Waals surface area contributed by atoms with E-state index >= 15 is 0 Å². The van der Waals surface area contributed by atoms with Gasteiger partial charge >= 0.3 is 0 Å². The fourth-order valence-corrected chi connectivity index (χ4v) is 4.69. The number of allylic oxidation sites excluding steroid dienone is 2. The van der Waals surface area contributed by atoms with E-state index in [9.17, 15) is 4.79 Å². The van der Waals surface area contributed by atoms with Gasteiger partial charge in [0.1, 0.15) is 6.29 Å². The molecule has 1 heteroatoms. The van der Waals surface area contributed by atoms with Crippen LogP contribution in [0.5, 0.6) is 0 Å². The first kappa shape index (κ1) is 9.62. The fraction of sp³-hybridized carbons (Fsp3) is 0.786. The van der Waals surface area contributed by atoms with Crippen LogP contribution in [-0.2, 0) is 4.79 Å². The van der Waals surface area contributed by atoms with E-state index < -0.39 is 0 Å². The second-order valence-corrected chi connectivity index (χ2v) is 5.85. The monoisotopic (exact) mass is 204 g/mol. The Morgan fingerprint density at radius 3 is 2.73 bits per heavy atom. The molecule has 0 heterocycles. The van der Waals surface area contributed by atoms with Gasteiger partial charge in [0.15, 0.2) is 0 Å². The van der Waals surface area contributed by atoms with Gasteiger partial charge in [0.2, 0.25) is 0 Å². The van der Waals surface area contributed by atoms with Crippen LogP contribution in [0, 0.1) is 29.6 Å². The molecule has 82 valence electrons. The van der Waals surface area contributed by atoms with Gasteiger partial charge in [-0.3, -0.25) is 4.79 Å². The first-order valence-corrected chi connectivity index (χ1v) is 6.43. The molecule has 0 N–H and O–H groups in total. The van der Waals surface area contributed by atoms with Crippen LogP contribution in [0.3, 0.4) is 0 Å². The summed E-state index contributed by atoms with van der Waals surface area (Å²) in [6.45, 7) is 1.95. The van der Waals surface area contributed by atoms with E-state index in [2.05, 4.69) is 6.08 Å². The minimum atomic E-state index is 0.736. The van der Waals surface area contributed by atoms with Gasteiger partial charge in [0.05, 0.1) is 0 Å². The molecule has 0 aliphatic heterocycles. The molecule has 3 aliphatic carbocycles. The van der Waals surface area contributed by atoms with Crippen LogP contribution in [0.25, 0.3) is 0 Å². The smallest absolute Gasteiger partial charge is 0.145 e. The lowest BCUT2D eigenvalue weighted by molar-refractivity contribution is -0.104. The fourth-order valence-electron chi connectivity index (χ4n) is 4.69. The summed E-state index contributed by atoms with van der Waals surface area (Å²) in [6, 6.07) is 0. The highest BCUT2D eigenvalue weighted by Gasteiger charge is 2.52. The van der Waals surface area contributed by atoms with E-state index in [0.717, 1.165) is 41.4 Å². The molecule has 0 aromatic rings. The standard InChI is InChI=1S/C14H20O/c1-9(8-15)5-10-6-11-7-14(10)13-4-2-3-12(11)13/h5,8,10-14H,2-4,6-7H2,1H3. The molecule has 5 atom stereocenters. The highest BCUT2D eigenvalue weighted by molar-refractivity contribution is 5.72. The van der Waals surface area contributed by atoms with Crippen molar-refractivity contribution in [3.05, 3.63) is 11.6 Å². The second kappa shape index (κ2) is 3.47. The zero-order valence-electron chi connectivity index (χ0n) is 9.49. The average Bonchev–Trinajstić information content (AvgIpc) is 2.87. The minimum Gasteiger partial charge on any atom is -0.298 e. The Kier molecular flexibility index (Phi) is 2.22. The largest absolute Gasteiger partial charge is 0.298 e. The maximum atomic E-state index is 10.7. The Morgan fingerprint density at radius 2 is 1.93 bits per heavy atom. The third-order valence-corrected chi connectivity index (χ3v) is 5.14. The number of hydrogen-bond donors (Lipinski definition) is 0. The molecule has 0 aromatic heterocycles. The maximum Gasteiger partial charge on any atom is 0.145 e. The lowest BCUT2D eigenvalue weighted by Gasteiger charge is -2.30. The van der Waals surface area contributed by atoms with Crippen LogP contribution in [0.1, 0.15) is 39.0 Å². The van der Waals surface area contributed by atoms with Crippen molar-refractivity contribution in [2.45, 2.75) is 39.0 Å². The lowest BCUT2D eigenvalue weighted by Crippen LogP contribution is -2.23. The molecule has 0 amide bonds. The van der Waals surface area contributed by atoms with Crippen LogP contribution in [-0.4, -0.2) is 6.29 Å². The zero-order valence-corrected chi connectivity index (χ0v) is 9.49. The Labute approximate surface area is 91.9 Å². The Hall–Kier alpha value is -0.590. The van der Waals surface area contributed by atoms with Crippen molar-refractivity contribution in [2.24, 2.45) is 29.6 Å². The molecule has 3 fully saturated rings. The Balaban J connectivity index is 1.78. The molecular weight excluding hydrogens is 184 g/mol. The Bertz CT molecular complexity index is 304. The van der Waals surface area contributed by atoms with E-state index in [1.165, 1.54) is 32.1 Å². The van der Waals surface area contributed by atoms with E-state index in [0.29, 0.717) is 0 Å². The van der Waals surface area contributed by atoms with Gasteiger partial charge in [0, 0.05) is 0 Å². The number of rotatable bonds is 2. The highest BCUT2D eigenvalue weighted by Crippen LogP contribution is 2.61. The van der Waals surface area contributed by atoms with Gasteiger partial charge in [-0.1, -0.05) is 12.5 Å². The lowest BCUT2D eigenvalue weighted by atomic mass is 9.75. The zero-order chi connectivity index (χ0) is 10.4. The summed E-state index contributed by atoms with van der Waals surface area (Å²) in [6.07, 6.45) is 10.5. The molecular formula is C14H20O. The maximum absolute atomic E-state index is 10.7. The molecule has 0 saturated heterocycles. The summed E-state index contributed by atoms with van der Waals surface area (Å²) in [7, 11) is 0. The first-order chi connectivity index (χ1) is 7.29. The summed E-state index contributed by atoms with van der Waals surface area (Å²) in [5.41, 5.74) is 0.946. The van der Waals surface area contributed by atoms with Crippen molar-refractivity contribution >= 4 is 6.29 Å². The van der Waals surface area contributed by atoms with Crippen molar-refractivity contribution < 1.29 is 4.79 Å². The van der Waals surface area contributed by atoms with E-state index in [1.54, 1.807) is 0 Å². The van der Waals surface area contributed by atoms with Crippen LogP contribution in [0.15, 0.2) is 11.6 Å². The second-order valence-electron chi connectivity index (χ2n) is 5.85. The van der Waals surface area contributed by atoms with Crippen LogP contribution in [0.2, 0.25) is 0 Å². The predicted octanol–water partition coefficient (Wildman–Crippen LogP) is 3.20. The highest BCUT2D eigenvalue weighted by atomic mass is 16.1. The van der Waals surface area contributed by atoms with Crippen LogP contribution < -0.4 is 0 Å². The number of hydrogen-bond acceptors (Lipinski definition) is 1. The van der Waals surface area contributed by atoms with E-state index in [4.69, 9.17) is 0 Å². The SMILES string of the molecule is CC(C=O)=CC1CC2CC1C1CCCC21. The van der Waals surface area contributed by atoms with E-state index in [-0.39, 0.29) is 0 Å². The molecule has 3 aliphatic rings. The molecule has 3 saturated carbocycles. The van der Waals surface area contributed by atoms with Crippen molar-refractivity contribution in [2.75, 3.05) is 0 Å². The van der Waals surface area contributed by atoms with Gasteiger partial charge in [-0.15, -0.1) is 0 Å². The van der Waals surface area contributed by atoms with Crippen molar-refractivity contribution in [1.82, 2.24) is 0 Å². The predicted molar refractivity (Wildman–Crippen MR) is 60.4 cm³/mol. The van der Waals surface area contributed by atoms with Crippen molar-refractivity contribution in [3.63, 3.8) is 0 Å². The third kappa shape index (κ3) is 1.39. The molecule has 1 nitrogen and oxygen atoms in total. The van der Waals surface area contributed by atoms with Crippen LogP contribution >= 0.6 is 0 Å². The normalized spacial score (nSPS) is 48.3. The van der Waals surface area contributed by atoms with Crippen molar-refractivity contribution in [3.8, 4) is 0 Å². The summed E-state index contributed by atoms with van der Waals surface area (Å²) >= 11 is 0. The molecule has 0 radical (unpaired) electrons. The number of fused-ring (bicyclic) bond motifs is 5. The van der Waals surface area contributed by atoms with Gasteiger partial charge in [0.25, 0.3) is 0 Å². The van der Waals surface area contributed by atoms with Gasteiger partial charge < -0.3 is 0 Å². The summed E-state index contributed by atoms with van der Waals surface area (Å²) < 4.78 is 0. The summed E-state index contributed by atoms with van der Waals surface area (Å²) in [5, 5.41) is 0. The average molecular weight is 204 g/mol. The minimum absolute atomic E-state index is 0.736. The number of carbonyl (C=O) groups excluding carboxylic acids is 1.